The Kier molecular flexibility index (Phi) is 6.82. The zero-order valence-electron chi connectivity index (χ0n) is 16.1. The second kappa shape index (κ2) is 9.92. The summed E-state index contributed by atoms with van der Waals surface area (Å²) in [6, 6.07) is 24.4. The van der Waals surface area contributed by atoms with Crippen LogP contribution in [0.3, 0.4) is 0 Å². The van der Waals surface area contributed by atoms with Gasteiger partial charge in [-0.05, 0) is 18.2 Å². The molecular formula is C23H16Cl2N4OS. The van der Waals surface area contributed by atoms with E-state index in [-0.39, 0.29) is 11.7 Å². The number of carbonyl (C=O) groups is 1. The number of hydrogen-bond acceptors (Lipinski definition) is 5. The summed E-state index contributed by atoms with van der Waals surface area (Å²) in [5.41, 5.74) is 3.71. The number of nitrogens with one attached hydrogen (secondary N) is 1. The van der Waals surface area contributed by atoms with Gasteiger partial charge in [0.2, 0.25) is 11.1 Å². The van der Waals surface area contributed by atoms with Crippen molar-refractivity contribution in [3.05, 3.63) is 88.9 Å². The van der Waals surface area contributed by atoms with E-state index in [4.69, 9.17) is 28.2 Å². The summed E-state index contributed by atoms with van der Waals surface area (Å²) in [6.07, 6.45) is 0. The quantitative estimate of drug-likeness (QED) is 0.340. The van der Waals surface area contributed by atoms with Crippen molar-refractivity contribution in [1.82, 2.24) is 15.2 Å². The van der Waals surface area contributed by atoms with E-state index < -0.39 is 0 Å². The monoisotopic (exact) mass is 466 g/mol. The molecular weight excluding hydrogens is 451 g/mol. The molecule has 4 aromatic rings. The minimum absolute atomic E-state index is 0.101. The number of anilines is 1. The Morgan fingerprint density at radius 2 is 1.48 bits per heavy atom. The van der Waals surface area contributed by atoms with Crippen LogP contribution in [0.1, 0.15) is 0 Å². The topological polar surface area (TPSA) is 67.8 Å². The highest BCUT2D eigenvalue weighted by Crippen LogP contribution is 2.30. The zero-order chi connectivity index (χ0) is 21.6. The van der Waals surface area contributed by atoms with Crippen molar-refractivity contribution in [1.29, 1.82) is 0 Å². The minimum atomic E-state index is -0.244. The Labute approximate surface area is 193 Å². The van der Waals surface area contributed by atoms with E-state index in [9.17, 15) is 4.79 Å². The molecule has 1 heterocycles. The SMILES string of the molecule is O=C(CSc1nnc(-c2ccccc2)c(-c2ccccc2)n1)Nc1cc(Cl)ccc1Cl. The number of benzene rings is 3. The molecule has 1 N–H and O–H groups in total. The molecule has 154 valence electrons. The van der Waals surface area contributed by atoms with Crippen LogP contribution in [0.2, 0.25) is 10.0 Å². The summed E-state index contributed by atoms with van der Waals surface area (Å²) in [5, 5.41) is 12.7. The van der Waals surface area contributed by atoms with Crippen LogP contribution >= 0.6 is 35.0 Å². The lowest BCUT2D eigenvalue weighted by Gasteiger charge is -2.10. The Morgan fingerprint density at radius 3 is 2.16 bits per heavy atom. The molecule has 0 aliphatic rings. The van der Waals surface area contributed by atoms with Gasteiger partial charge in [0, 0.05) is 16.1 Å². The van der Waals surface area contributed by atoms with Gasteiger partial charge in [0.25, 0.3) is 0 Å². The Hall–Kier alpha value is -2.93. The first kappa shape index (κ1) is 21.3. The van der Waals surface area contributed by atoms with Gasteiger partial charge < -0.3 is 5.32 Å². The van der Waals surface area contributed by atoms with Gasteiger partial charge in [0.1, 0.15) is 11.4 Å². The van der Waals surface area contributed by atoms with Crippen molar-refractivity contribution >= 4 is 46.6 Å². The third-order valence-electron chi connectivity index (χ3n) is 4.30. The summed E-state index contributed by atoms with van der Waals surface area (Å²) in [4.78, 5) is 17.1. The lowest BCUT2D eigenvalue weighted by molar-refractivity contribution is -0.113. The van der Waals surface area contributed by atoms with Gasteiger partial charge in [0.15, 0.2) is 0 Å². The molecule has 1 aromatic heterocycles. The smallest absolute Gasteiger partial charge is 0.234 e. The molecule has 8 heteroatoms. The molecule has 5 nitrogen and oxygen atoms in total. The van der Waals surface area contributed by atoms with Crippen LogP contribution in [0, 0.1) is 0 Å². The fourth-order valence-electron chi connectivity index (χ4n) is 2.87. The van der Waals surface area contributed by atoms with E-state index in [0.29, 0.717) is 32.3 Å². The molecule has 0 aliphatic heterocycles. The zero-order valence-corrected chi connectivity index (χ0v) is 18.5. The van der Waals surface area contributed by atoms with E-state index in [0.717, 1.165) is 11.1 Å². The summed E-state index contributed by atoms with van der Waals surface area (Å²) in [7, 11) is 0. The van der Waals surface area contributed by atoms with Gasteiger partial charge >= 0.3 is 0 Å². The number of hydrogen-bond donors (Lipinski definition) is 1. The lowest BCUT2D eigenvalue weighted by atomic mass is 10.0. The van der Waals surface area contributed by atoms with Gasteiger partial charge in [-0.15, -0.1) is 10.2 Å². The highest BCUT2D eigenvalue weighted by atomic mass is 35.5. The third-order valence-corrected chi connectivity index (χ3v) is 5.70. The molecule has 0 atom stereocenters. The predicted octanol–water partition coefficient (Wildman–Crippen LogP) is 6.24. The number of amides is 1. The Balaban J connectivity index is 1.55. The number of rotatable bonds is 6. The van der Waals surface area contributed by atoms with Crippen LogP contribution in [-0.2, 0) is 4.79 Å². The van der Waals surface area contributed by atoms with E-state index in [2.05, 4.69) is 15.5 Å². The standard InChI is InChI=1S/C23H16Cl2N4OS/c24-17-11-12-18(25)19(13-17)26-20(30)14-31-23-27-21(15-7-3-1-4-8-15)22(28-29-23)16-9-5-2-6-10-16/h1-13H,14H2,(H,26,30). The van der Waals surface area contributed by atoms with E-state index >= 15 is 0 Å². The lowest BCUT2D eigenvalue weighted by Crippen LogP contribution is -2.14. The molecule has 3 aromatic carbocycles. The minimum Gasteiger partial charge on any atom is -0.324 e. The first-order valence-corrected chi connectivity index (χ1v) is 11.1. The van der Waals surface area contributed by atoms with E-state index in [1.54, 1.807) is 18.2 Å². The third kappa shape index (κ3) is 5.41. The van der Waals surface area contributed by atoms with Crippen molar-refractivity contribution in [2.24, 2.45) is 0 Å². The number of nitrogens with zero attached hydrogens (tertiary/aromatic N) is 3. The van der Waals surface area contributed by atoms with Crippen LogP contribution in [-0.4, -0.2) is 26.8 Å². The van der Waals surface area contributed by atoms with Crippen LogP contribution in [0.4, 0.5) is 5.69 Å². The molecule has 31 heavy (non-hydrogen) atoms. The van der Waals surface area contributed by atoms with Crippen LogP contribution in [0.25, 0.3) is 22.5 Å². The van der Waals surface area contributed by atoms with E-state index in [1.807, 2.05) is 60.7 Å². The predicted molar refractivity (Wildman–Crippen MR) is 127 cm³/mol. The maximum Gasteiger partial charge on any atom is 0.234 e. The molecule has 0 aliphatic carbocycles. The Bertz CT molecular complexity index is 1210. The summed E-state index contributed by atoms with van der Waals surface area (Å²) >= 11 is 13.3. The second-order valence-electron chi connectivity index (χ2n) is 6.48. The molecule has 0 saturated heterocycles. The first-order chi connectivity index (χ1) is 15.1. The number of thioether (sulfide) groups is 1. The van der Waals surface area contributed by atoms with Gasteiger partial charge in [-0.1, -0.05) is 95.6 Å². The highest BCUT2D eigenvalue weighted by molar-refractivity contribution is 7.99. The largest absolute Gasteiger partial charge is 0.324 e. The normalized spacial score (nSPS) is 10.6. The maximum atomic E-state index is 12.4. The average Bonchev–Trinajstić information content (AvgIpc) is 2.81. The van der Waals surface area contributed by atoms with E-state index in [1.165, 1.54) is 11.8 Å². The van der Waals surface area contributed by atoms with Crippen molar-refractivity contribution in [3.63, 3.8) is 0 Å². The fourth-order valence-corrected chi connectivity index (χ4v) is 3.79. The van der Waals surface area contributed by atoms with Crippen LogP contribution < -0.4 is 5.32 Å². The molecule has 0 bridgehead atoms. The second-order valence-corrected chi connectivity index (χ2v) is 8.27. The van der Waals surface area contributed by atoms with Crippen molar-refractivity contribution in [2.45, 2.75) is 5.16 Å². The highest BCUT2D eigenvalue weighted by Gasteiger charge is 2.15. The Morgan fingerprint density at radius 1 is 0.839 bits per heavy atom. The molecule has 1 amide bonds. The van der Waals surface area contributed by atoms with Crippen molar-refractivity contribution < 1.29 is 4.79 Å². The maximum absolute atomic E-state index is 12.4. The molecule has 0 radical (unpaired) electrons. The number of carbonyl (C=O) groups excluding carboxylic acids is 1. The van der Waals surface area contributed by atoms with Crippen LogP contribution in [0.15, 0.2) is 84.0 Å². The van der Waals surface area contributed by atoms with Crippen molar-refractivity contribution in [2.75, 3.05) is 11.1 Å². The number of halogens is 2. The average molecular weight is 467 g/mol. The summed E-state index contributed by atoms with van der Waals surface area (Å²) < 4.78 is 0. The van der Waals surface area contributed by atoms with Gasteiger partial charge in [-0.2, -0.15) is 0 Å². The summed E-state index contributed by atoms with van der Waals surface area (Å²) in [5.74, 6) is -0.144. The van der Waals surface area contributed by atoms with Crippen molar-refractivity contribution in [3.8, 4) is 22.5 Å². The number of aromatic nitrogens is 3. The first-order valence-electron chi connectivity index (χ1n) is 9.33. The summed E-state index contributed by atoms with van der Waals surface area (Å²) in [6.45, 7) is 0. The van der Waals surface area contributed by atoms with Crippen LogP contribution in [0.5, 0.6) is 0 Å². The molecule has 0 fully saturated rings. The van der Waals surface area contributed by atoms with Gasteiger partial charge in [-0.3, -0.25) is 4.79 Å². The molecule has 4 rings (SSSR count). The molecule has 0 spiro atoms. The van der Waals surface area contributed by atoms with Gasteiger partial charge in [0.05, 0.1) is 16.5 Å². The molecule has 0 unspecified atom stereocenters. The molecule has 0 saturated carbocycles. The fraction of sp³-hybridized carbons (Fsp3) is 0.0435. The van der Waals surface area contributed by atoms with Gasteiger partial charge in [-0.25, -0.2) is 4.98 Å².